The summed E-state index contributed by atoms with van der Waals surface area (Å²) < 4.78 is 0. The van der Waals surface area contributed by atoms with Crippen molar-refractivity contribution < 1.29 is 4.79 Å². The van der Waals surface area contributed by atoms with Gasteiger partial charge in [0.15, 0.2) is 0 Å². The molecule has 0 aliphatic rings. The number of halogens is 1. The van der Waals surface area contributed by atoms with E-state index in [1.807, 2.05) is 18.2 Å². The van der Waals surface area contributed by atoms with E-state index in [1.54, 1.807) is 30.6 Å². The van der Waals surface area contributed by atoms with Crippen LogP contribution in [-0.4, -0.2) is 17.1 Å². The van der Waals surface area contributed by atoms with Crippen LogP contribution in [0.1, 0.15) is 15.9 Å². The Kier molecular flexibility index (Phi) is 4.04. The molecule has 1 aromatic carbocycles. The summed E-state index contributed by atoms with van der Waals surface area (Å²) in [7, 11) is 0. The number of nitrogens with zero attached hydrogens (tertiary/aromatic N) is 2. The van der Waals surface area contributed by atoms with E-state index in [1.165, 1.54) is 6.21 Å². The van der Waals surface area contributed by atoms with Gasteiger partial charge in [-0.05, 0) is 18.2 Å². The van der Waals surface area contributed by atoms with Gasteiger partial charge in [0.05, 0.1) is 6.21 Å². The van der Waals surface area contributed by atoms with E-state index in [-0.39, 0.29) is 5.91 Å². The van der Waals surface area contributed by atoms with Crippen molar-refractivity contribution in [2.75, 3.05) is 0 Å². The Hall–Kier alpha value is -2.20. The predicted molar refractivity (Wildman–Crippen MR) is 70.7 cm³/mol. The molecule has 90 valence electrons. The second-order valence-electron chi connectivity index (χ2n) is 3.46. The number of carbonyl (C=O) groups is 1. The van der Waals surface area contributed by atoms with E-state index in [0.717, 1.165) is 5.56 Å². The lowest BCUT2D eigenvalue weighted by atomic mass is 10.2. The highest BCUT2D eigenvalue weighted by molar-refractivity contribution is 6.33. The van der Waals surface area contributed by atoms with Crippen LogP contribution in [0.25, 0.3) is 0 Å². The molecule has 1 amide bonds. The molecule has 0 unspecified atom stereocenters. The van der Waals surface area contributed by atoms with E-state index in [0.29, 0.717) is 10.6 Å². The average Bonchev–Trinajstić information content (AvgIpc) is 2.42. The second kappa shape index (κ2) is 5.93. The summed E-state index contributed by atoms with van der Waals surface area (Å²) >= 11 is 5.94. The molecule has 0 aliphatic carbocycles. The molecule has 0 saturated carbocycles. The lowest BCUT2D eigenvalue weighted by molar-refractivity contribution is 0.0955. The molecule has 1 heterocycles. The third-order valence-electron chi connectivity index (χ3n) is 2.22. The maximum Gasteiger partial charge on any atom is 0.271 e. The van der Waals surface area contributed by atoms with Crippen molar-refractivity contribution in [2.24, 2.45) is 5.10 Å². The first kappa shape index (κ1) is 12.3. The fourth-order valence-corrected chi connectivity index (χ4v) is 1.49. The molecule has 5 heteroatoms. The molecule has 0 bridgehead atoms. The van der Waals surface area contributed by atoms with Gasteiger partial charge in [0.25, 0.3) is 5.91 Å². The molecular formula is C13H10ClN3O. The molecule has 1 N–H and O–H groups in total. The molecule has 0 saturated heterocycles. The van der Waals surface area contributed by atoms with Gasteiger partial charge in [-0.25, -0.2) is 5.43 Å². The Labute approximate surface area is 109 Å². The zero-order valence-corrected chi connectivity index (χ0v) is 10.1. The number of benzene rings is 1. The Bertz CT molecular complexity index is 569. The van der Waals surface area contributed by atoms with Crippen LogP contribution < -0.4 is 5.43 Å². The van der Waals surface area contributed by atoms with Crippen LogP contribution in [0.4, 0.5) is 0 Å². The summed E-state index contributed by atoms with van der Waals surface area (Å²) in [4.78, 5) is 15.5. The van der Waals surface area contributed by atoms with Crippen molar-refractivity contribution >= 4 is 23.7 Å². The lowest BCUT2D eigenvalue weighted by Gasteiger charge is -1.99. The van der Waals surface area contributed by atoms with Gasteiger partial charge in [0.2, 0.25) is 0 Å². The number of rotatable bonds is 3. The molecule has 1 aromatic heterocycles. The molecule has 0 spiro atoms. The third-order valence-corrected chi connectivity index (χ3v) is 2.56. The summed E-state index contributed by atoms with van der Waals surface area (Å²) in [6.45, 7) is 0. The first-order valence-corrected chi connectivity index (χ1v) is 5.63. The van der Waals surface area contributed by atoms with Gasteiger partial charge >= 0.3 is 0 Å². The van der Waals surface area contributed by atoms with E-state index in [9.17, 15) is 4.79 Å². The molecule has 0 fully saturated rings. The number of carbonyl (C=O) groups excluding carboxylic acids is 1. The van der Waals surface area contributed by atoms with Gasteiger partial charge in [-0.3, -0.25) is 9.78 Å². The van der Waals surface area contributed by atoms with Crippen LogP contribution in [0.5, 0.6) is 0 Å². The van der Waals surface area contributed by atoms with E-state index in [2.05, 4.69) is 15.5 Å². The van der Waals surface area contributed by atoms with Gasteiger partial charge in [-0.1, -0.05) is 29.8 Å². The fourth-order valence-electron chi connectivity index (χ4n) is 1.31. The number of hydrazone groups is 1. The predicted octanol–water partition coefficient (Wildman–Crippen LogP) is 2.50. The minimum atomic E-state index is -0.291. The number of hydrogen-bond donors (Lipinski definition) is 1. The molecule has 0 aliphatic heterocycles. The number of aromatic nitrogens is 1. The van der Waals surface area contributed by atoms with E-state index >= 15 is 0 Å². The molecule has 0 atom stereocenters. The molecular weight excluding hydrogens is 250 g/mol. The van der Waals surface area contributed by atoms with Crippen molar-refractivity contribution in [3.05, 3.63) is 64.9 Å². The summed E-state index contributed by atoms with van der Waals surface area (Å²) in [6, 6.07) is 10.5. The summed E-state index contributed by atoms with van der Waals surface area (Å²) in [5.41, 5.74) is 3.66. The smallest absolute Gasteiger partial charge is 0.267 e. The maximum atomic E-state index is 11.6. The number of hydrogen-bond acceptors (Lipinski definition) is 3. The van der Waals surface area contributed by atoms with Crippen molar-refractivity contribution in [1.82, 2.24) is 10.4 Å². The highest BCUT2D eigenvalue weighted by atomic mass is 35.5. The zero-order chi connectivity index (χ0) is 12.8. The van der Waals surface area contributed by atoms with Crippen LogP contribution in [0, 0.1) is 0 Å². The first-order valence-electron chi connectivity index (χ1n) is 5.25. The van der Waals surface area contributed by atoms with Crippen LogP contribution in [0.3, 0.4) is 0 Å². The largest absolute Gasteiger partial charge is 0.271 e. The monoisotopic (exact) mass is 259 g/mol. The molecule has 4 nitrogen and oxygen atoms in total. The maximum absolute atomic E-state index is 11.6. The normalized spacial score (nSPS) is 10.5. The van der Waals surface area contributed by atoms with E-state index < -0.39 is 0 Å². The third kappa shape index (κ3) is 3.15. The summed E-state index contributed by atoms with van der Waals surface area (Å²) in [5, 5.41) is 4.43. The van der Waals surface area contributed by atoms with Gasteiger partial charge < -0.3 is 0 Å². The lowest BCUT2D eigenvalue weighted by Crippen LogP contribution is -2.17. The molecule has 2 rings (SSSR count). The van der Waals surface area contributed by atoms with Crippen LogP contribution in [-0.2, 0) is 0 Å². The minimum Gasteiger partial charge on any atom is -0.267 e. The molecule has 0 radical (unpaired) electrons. The van der Waals surface area contributed by atoms with Crippen molar-refractivity contribution in [1.29, 1.82) is 0 Å². The van der Waals surface area contributed by atoms with Crippen LogP contribution in [0.2, 0.25) is 5.02 Å². The average molecular weight is 260 g/mol. The van der Waals surface area contributed by atoms with Gasteiger partial charge in [0.1, 0.15) is 0 Å². The van der Waals surface area contributed by atoms with E-state index in [4.69, 9.17) is 11.6 Å². The highest BCUT2D eigenvalue weighted by Crippen LogP contribution is 2.12. The standard InChI is InChI=1S/C13H10ClN3O/c14-12-4-2-1-3-11(12)9-16-17-13(18)10-5-7-15-8-6-10/h1-9H,(H,17,18)/b16-9+. The molecule has 2 aromatic rings. The highest BCUT2D eigenvalue weighted by Gasteiger charge is 2.02. The number of nitrogens with one attached hydrogen (secondary N) is 1. The Morgan fingerprint density at radius 3 is 2.67 bits per heavy atom. The minimum absolute atomic E-state index is 0.291. The van der Waals surface area contributed by atoms with Crippen LogP contribution >= 0.6 is 11.6 Å². The van der Waals surface area contributed by atoms with Crippen molar-refractivity contribution in [2.45, 2.75) is 0 Å². The Morgan fingerprint density at radius 2 is 1.94 bits per heavy atom. The van der Waals surface area contributed by atoms with Gasteiger partial charge in [0, 0.05) is 28.5 Å². The fraction of sp³-hybridized carbons (Fsp3) is 0. The topological polar surface area (TPSA) is 54.4 Å². The summed E-state index contributed by atoms with van der Waals surface area (Å²) in [5.74, 6) is -0.291. The SMILES string of the molecule is O=C(N/N=C/c1ccccc1Cl)c1ccncc1. The summed E-state index contributed by atoms with van der Waals surface area (Å²) in [6.07, 6.45) is 4.60. The van der Waals surface area contributed by atoms with Gasteiger partial charge in [-0.15, -0.1) is 0 Å². The zero-order valence-electron chi connectivity index (χ0n) is 9.38. The second-order valence-corrected chi connectivity index (χ2v) is 3.86. The number of amides is 1. The van der Waals surface area contributed by atoms with Crippen molar-refractivity contribution in [3.63, 3.8) is 0 Å². The quantitative estimate of drug-likeness (QED) is 0.680. The van der Waals surface area contributed by atoms with Gasteiger partial charge in [-0.2, -0.15) is 5.10 Å². The first-order chi connectivity index (χ1) is 8.77. The molecule has 18 heavy (non-hydrogen) atoms. The number of pyridine rings is 1. The van der Waals surface area contributed by atoms with Crippen molar-refractivity contribution in [3.8, 4) is 0 Å². The van der Waals surface area contributed by atoms with Crippen LogP contribution in [0.15, 0.2) is 53.9 Å². The Balaban J connectivity index is 2.00. The Morgan fingerprint density at radius 1 is 1.22 bits per heavy atom.